The van der Waals surface area contributed by atoms with Gasteiger partial charge >= 0.3 is 0 Å². The molecule has 0 radical (unpaired) electrons. The molecule has 0 aliphatic carbocycles. The van der Waals surface area contributed by atoms with Gasteiger partial charge in [-0.1, -0.05) is 0 Å². The summed E-state index contributed by atoms with van der Waals surface area (Å²) in [5, 5.41) is 7.48. The predicted molar refractivity (Wildman–Crippen MR) is 55.9 cm³/mol. The van der Waals surface area contributed by atoms with Crippen molar-refractivity contribution in [1.29, 1.82) is 0 Å². The van der Waals surface area contributed by atoms with E-state index in [2.05, 4.69) is 15.3 Å². The molecular formula is C9H17N5. The van der Waals surface area contributed by atoms with Gasteiger partial charge in [0.1, 0.15) is 5.82 Å². The lowest BCUT2D eigenvalue weighted by atomic mass is 10.3. The largest absolute Gasteiger partial charge is 0.384 e. The number of hydrogen-bond donors (Lipinski definition) is 2. The van der Waals surface area contributed by atoms with Gasteiger partial charge in [0.2, 0.25) is 0 Å². The van der Waals surface area contributed by atoms with Gasteiger partial charge in [-0.15, -0.1) is 0 Å². The lowest BCUT2D eigenvalue weighted by molar-refractivity contribution is 0.230. The van der Waals surface area contributed by atoms with Crippen LogP contribution >= 0.6 is 0 Å². The fourth-order valence-corrected chi connectivity index (χ4v) is 1.70. The van der Waals surface area contributed by atoms with E-state index in [9.17, 15) is 0 Å². The highest BCUT2D eigenvalue weighted by Gasteiger charge is 2.09. The zero-order valence-electron chi connectivity index (χ0n) is 8.32. The summed E-state index contributed by atoms with van der Waals surface area (Å²) in [6.45, 7) is 6.36. The number of anilines is 1. The van der Waals surface area contributed by atoms with Crippen LogP contribution in [0.15, 0.2) is 12.3 Å². The molecule has 1 fully saturated rings. The smallest absolute Gasteiger partial charge is 0.121 e. The van der Waals surface area contributed by atoms with Crippen LogP contribution in [-0.2, 0) is 6.54 Å². The Labute approximate surface area is 83.9 Å². The van der Waals surface area contributed by atoms with Gasteiger partial charge in [0, 0.05) is 32.7 Å². The summed E-state index contributed by atoms with van der Waals surface area (Å²) in [4.78, 5) is 2.43. The van der Waals surface area contributed by atoms with Crippen molar-refractivity contribution in [2.75, 3.05) is 38.5 Å². The number of rotatable bonds is 3. The van der Waals surface area contributed by atoms with Gasteiger partial charge in [-0.3, -0.25) is 4.90 Å². The highest BCUT2D eigenvalue weighted by atomic mass is 15.3. The molecule has 0 aromatic carbocycles. The van der Waals surface area contributed by atoms with Gasteiger partial charge in [-0.25, -0.2) is 4.68 Å². The normalized spacial score (nSPS) is 18.6. The molecule has 5 nitrogen and oxygen atoms in total. The van der Waals surface area contributed by atoms with E-state index < -0.39 is 0 Å². The summed E-state index contributed by atoms with van der Waals surface area (Å²) >= 11 is 0. The van der Waals surface area contributed by atoms with E-state index in [1.807, 2.05) is 10.7 Å². The molecule has 2 heterocycles. The van der Waals surface area contributed by atoms with Crippen LogP contribution in [-0.4, -0.2) is 47.4 Å². The topological polar surface area (TPSA) is 59.1 Å². The van der Waals surface area contributed by atoms with E-state index in [0.717, 1.165) is 45.1 Å². The lowest BCUT2D eigenvalue weighted by Crippen LogP contribution is -2.44. The molecule has 0 bridgehead atoms. The second kappa shape index (κ2) is 4.43. The number of hydrogen-bond acceptors (Lipinski definition) is 4. The molecule has 1 saturated heterocycles. The first-order valence-electron chi connectivity index (χ1n) is 5.06. The average Bonchev–Trinajstić information content (AvgIpc) is 2.63. The van der Waals surface area contributed by atoms with Crippen LogP contribution in [0.1, 0.15) is 0 Å². The van der Waals surface area contributed by atoms with Gasteiger partial charge < -0.3 is 11.1 Å². The summed E-state index contributed by atoms with van der Waals surface area (Å²) in [6.07, 6.45) is 1.74. The van der Waals surface area contributed by atoms with Crippen LogP contribution < -0.4 is 11.1 Å². The first-order valence-corrected chi connectivity index (χ1v) is 5.06. The molecule has 1 aliphatic rings. The van der Waals surface area contributed by atoms with Crippen molar-refractivity contribution in [1.82, 2.24) is 20.0 Å². The fraction of sp³-hybridized carbons (Fsp3) is 0.667. The minimum absolute atomic E-state index is 0.750. The molecule has 3 N–H and O–H groups in total. The molecule has 1 aromatic rings. The van der Waals surface area contributed by atoms with Crippen molar-refractivity contribution < 1.29 is 0 Å². The van der Waals surface area contributed by atoms with E-state index in [1.165, 1.54) is 0 Å². The number of nitrogens with one attached hydrogen (secondary N) is 1. The third kappa shape index (κ3) is 2.24. The van der Waals surface area contributed by atoms with Crippen LogP contribution in [0.2, 0.25) is 0 Å². The van der Waals surface area contributed by atoms with E-state index in [-0.39, 0.29) is 0 Å². The molecule has 0 spiro atoms. The van der Waals surface area contributed by atoms with E-state index in [0.29, 0.717) is 0 Å². The highest BCUT2D eigenvalue weighted by Crippen LogP contribution is 2.00. The quantitative estimate of drug-likeness (QED) is 0.674. The zero-order valence-corrected chi connectivity index (χ0v) is 8.32. The molecule has 0 saturated carbocycles. The number of aromatic nitrogens is 2. The molecule has 14 heavy (non-hydrogen) atoms. The van der Waals surface area contributed by atoms with Gasteiger partial charge in [0.05, 0.1) is 12.7 Å². The third-order valence-corrected chi connectivity index (χ3v) is 2.59. The fourth-order valence-electron chi connectivity index (χ4n) is 1.70. The summed E-state index contributed by atoms with van der Waals surface area (Å²) < 4.78 is 1.85. The van der Waals surface area contributed by atoms with Crippen molar-refractivity contribution in [3.63, 3.8) is 0 Å². The predicted octanol–water partition coefficient (Wildman–Crippen LogP) is -0.629. The van der Waals surface area contributed by atoms with Gasteiger partial charge in [-0.2, -0.15) is 5.10 Å². The van der Waals surface area contributed by atoms with Crippen LogP contribution in [0.25, 0.3) is 0 Å². The number of nitrogens with two attached hydrogens (primary N) is 1. The zero-order chi connectivity index (χ0) is 9.80. The standard InChI is InChI=1S/C9H17N5/c10-9-1-2-12-14(9)8-7-13-5-3-11-4-6-13/h1-2,11H,3-8,10H2. The molecule has 0 atom stereocenters. The van der Waals surface area contributed by atoms with E-state index in [1.54, 1.807) is 6.20 Å². The maximum atomic E-state index is 5.73. The average molecular weight is 195 g/mol. The van der Waals surface area contributed by atoms with Crippen LogP contribution in [0.4, 0.5) is 5.82 Å². The molecule has 1 aliphatic heterocycles. The second-order valence-corrected chi connectivity index (χ2v) is 3.57. The summed E-state index contributed by atoms with van der Waals surface area (Å²) in [6, 6.07) is 1.83. The molecule has 0 amide bonds. The Morgan fingerprint density at radius 1 is 1.36 bits per heavy atom. The van der Waals surface area contributed by atoms with Crippen LogP contribution in [0.5, 0.6) is 0 Å². The van der Waals surface area contributed by atoms with E-state index >= 15 is 0 Å². The van der Waals surface area contributed by atoms with Gasteiger partial charge in [0.25, 0.3) is 0 Å². The SMILES string of the molecule is Nc1ccnn1CCN1CCNCC1. The minimum Gasteiger partial charge on any atom is -0.384 e. The molecular weight excluding hydrogens is 178 g/mol. The van der Waals surface area contributed by atoms with Crippen molar-refractivity contribution in [3.8, 4) is 0 Å². The Morgan fingerprint density at radius 2 is 2.14 bits per heavy atom. The maximum absolute atomic E-state index is 5.73. The number of nitrogen functional groups attached to an aromatic ring is 1. The third-order valence-electron chi connectivity index (χ3n) is 2.59. The maximum Gasteiger partial charge on any atom is 0.121 e. The number of piperazine rings is 1. The lowest BCUT2D eigenvalue weighted by Gasteiger charge is -2.27. The summed E-state index contributed by atoms with van der Waals surface area (Å²) in [7, 11) is 0. The summed E-state index contributed by atoms with van der Waals surface area (Å²) in [5.41, 5.74) is 5.73. The Hall–Kier alpha value is -1.07. The Morgan fingerprint density at radius 3 is 2.79 bits per heavy atom. The van der Waals surface area contributed by atoms with E-state index in [4.69, 9.17) is 5.73 Å². The summed E-state index contributed by atoms with van der Waals surface area (Å²) in [5.74, 6) is 0.750. The Bertz CT molecular complexity index is 276. The minimum atomic E-state index is 0.750. The Kier molecular flexibility index (Phi) is 3.00. The van der Waals surface area contributed by atoms with Crippen molar-refractivity contribution in [3.05, 3.63) is 12.3 Å². The molecule has 2 rings (SSSR count). The van der Waals surface area contributed by atoms with Crippen molar-refractivity contribution >= 4 is 5.82 Å². The molecule has 5 heteroatoms. The first-order chi connectivity index (χ1) is 6.86. The Balaban J connectivity index is 1.79. The van der Waals surface area contributed by atoms with Crippen molar-refractivity contribution in [2.45, 2.75) is 6.54 Å². The second-order valence-electron chi connectivity index (χ2n) is 3.57. The van der Waals surface area contributed by atoms with Crippen LogP contribution in [0.3, 0.4) is 0 Å². The van der Waals surface area contributed by atoms with Gasteiger partial charge in [-0.05, 0) is 6.07 Å². The molecule has 0 unspecified atom stereocenters. The monoisotopic (exact) mass is 195 g/mol. The van der Waals surface area contributed by atoms with Crippen molar-refractivity contribution in [2.24, 2.45) is 0 Å². The molecule has 78 valence electrons. The van der Waals surface area contributed by atoms with Gasteiger partial charge in [0.15, 0.2) is 0 Å². The number of nitrogens with zero attached hydrogens (tertiary/aromatic N) is 3. The molecule has 1 aromatic heterocycles. The first kappa shape index (κ1) is 9.48. The van der Waals surface area contributed by atoms with Crippen LogP contribution in [0, 0.1) is 0 Å². The highest BCUT2D eigenvalue weighted by molar-refractivity contribution is 5.25.